The topological polar surface area (TPSA) is 29.9 Å². The molecule has 102 valence electrons. The number of aryl methyl sites for hydroxylation is 1. The maximum absolute atomic E-state index is 4.80. The smallest absolute Gasteiger partial charge is 0.0674 e. The van der Waals surface area contributed by atoms with Crippen molar-refractivity contribution in [3.05, 3.63) is 47.3 Å². The molecule has 2 rings (SSSR count). The molecule has 0 aliphatic carbocycles. The number of rotatable bonds is 6. The van der Waals surface area contributed by atoms with Crippen molar-refractivity contribution in [3.8, 4) is 5.69 Å². The van der Waals surface area contributed by atoms with Crippen molar-refractivity contribution in [1.82, 2.24) is 15.1 Å². The van der Waals surface area contributed by atoms with Crippen LogP contribution >= 0.6 is 0 Å². The molecule has 0 unspecified atom stereocenters. The minimum atomic E-state index is 0.912. The maximum Gasteiger partial charge on any atom is 0.0674 e. The largest absolute Gasteiger partial charge is 0.313 e. The lowest BCUT2D eigenvalue weighted by Gasteiger charge is -2.08. The molecule has 0 spiro atoms. The van der Waals surface area contributed by atoms with Gasteiger partial charge in [-0.05, 0) is 31.5 Å². The lowest BCUT2D eigenvalue weighted by Crippen LogP contribution is -2.14. The van der Waals surface area contributed by atoms with Crippen molar-refractivity contribution in [2.45, 2.75) is 40.2 Å². The minimum Gasteiger partial charge on any atom is -0.313 e. The number of aromatic nitrogens is 2. The fraction of sp³-hybridized carbons (Fsp3) is 0.438. The van der Waals surface area contributed by atoms with Gasteiger partial charge in [-0.15, -0.1) is 0 Å². The summed E-state index contributed by atoms with van der Waals surface area (Å²) in [5, 5.41) is 8.22. The van der Waals surface area contributed by atoms with E-state index < -0.39 is 0 Å². The van der Waals surface area contributed by atoms with Gasteiger partial charge < -0.3 is 5.32 Å². The van der Waals surface area contributed by atoms with Crippen molar-refractivity contribution in [1.29, 1.82) is 0 Å². The molecule has 1 aromatic heterocycles. The first-order valence-electron chi connectivity index (χ1n) is 7.17. The second kappa shape index (κ2) is 6.53. The Bertz CT molecular complexity index is 514. The van der Waals surface area contributed by atoms with Crippen molar-refractivity contribution in [2.24, 2.45) is 0 Å². The van der Waals surface area contributed by atoms with E-state index in [0.717, 1.165) is 31.6 Å². The zero-order valence-electron chi connectivity index (χ0n) is 12.1. The quantitative estimate of drug-likeness (QED) is 0.861. The van der Waals surface area contributed by atoms with Crippen LogP contribution in [0.4, 0.5) is 0 Å². The first-order valence-corrected chi connectivity index (χ1v) is 7.17. The summed E-state index contributed by atoms with van der Waals surface area (Å²) in [6, 6.07) is 10.4. The molecule has 0 saturated heterocycles. The van der Waals surface area contributed by atoms with Gasteiger partial charge in [0, 0.05) is 17.8 Å². The molecule has 0 aliphatic rings. The van der Waals surface area contributed by atoms with Gasteiger partial charge in [-0.1, -0.05) is 39.0 Å². The van der Waals surface area contributed by atoms with Gasteiger partial charge in [0.2, 0.25) is 0 Å². The predicted molar refractivity (Wildman–Crippen MR) is 79.7 cm³/mol. The number of nitrogens with one attached hydrogen (secondary N) is 1. The number of para-hydroxylation sites is 1. The van der Waals surface area contributed by atoms with Crippen molar-refractivity contribution in [3.63, 3.8) is 0 Å². The zero-order chi connectivity index (χ0) is 13.7. The van der Waals surface area contributed by atoms with Crippen molar-refractivity contribution < 1.29 is 0 Å². The highest BCUT2D eigenvalue weighted by Gasteiger charge is 2.15. The van der Waals surface area contributed by atoms with Gasteiger partial charge in [0.05, 0.1) is 11.4 Å². The standard InChI is InChI=1S/C16H23N3/c1-4-15-14(12-17-6-3)16(5-2)19(18-15)13-10-8-7-9-11-13/h7-11,17H,4-6,12H2,1-3H3. The van der Waals surface area contributed by atoms with E-state index in [1.54, 1.807) is 0 Å². The van der Waals surface area contributed by atoms with Crippen LogP contribution in [0.25, 0.3) is 5.69 Å². The van der Waals surface area contributed by atoms with E-state index in [1.807, 2.05) is 6.07 Å². The van der Waals surface area contributed by atoms with E-state index >= 15 is 0 Å². The fourth-order valence-electron chi connectivity index (χ4n) is 2.42. The molecule has 3 heteroatoms. The molecule has 3 nitrogen and oxygen atoms in total. The molecule has 0 saturated carbocycles. The fourth-order valence-corrected chi connectivity index (χ4v) is 2.42. The third kappa shape index (κ3) is 2.87. The summed E-state index contributed by atoms with van der Waals surface area (Å²) < 4.78 is 2.10. The summed E-state index contributed by atoms with van der Waals surface area (Å²) in [5.41, 5.74) is 5.05. The molecule has 0 atom stereocenters. The minimum absolute atomic E-state index is 0.912. The van der Waals surface area contributed by atoms with Crippen LogP contribution in [0.5, 0.6) is 0 Å². The lowest BCUT2D eigenvalue weighted by molar-refractivity contribution is 0.712. The van der Waals surface area contributed by atoms with Crippen LogP contribution < -0.4 is 5.32 Å². The third-order valence-electron chi connectivity index (χ3n) is 3.40. The molecule has 0 aliphatic heterocycles. The molecule has 0 fully saturated rings. The van der Waals surface area contributed by atoms with Gasteiger partial charge in [-0.2, -0.15) is 5.10 Å². The van der Waals surface area contributed by atoms with Gasteiger partial charge in [0.1, 0.15) is 0 Å². The normalized spacial score (nSPS) is 10.9. The first-order chi connectivity index (χ1) is 9.31. The highest BCUT2D eigenvalue weighted by Crippen LogP contribution is 2.20. The molecule has 1 N–H and O–H groups in total. The summed E-state index contributed by atoms with van der Waals surface area (Å²) in [6.45, 7) is 8.41. The SMILES string of the molecule is CCNCc1c(CC)nn(-c2ccccc2)c1CC. The molecular weight excluding hydrogens is 234 g/mol. The Morgan fingerprint density at radius 1 is 1.05 bits per heavy atom. The van der Waals surface area contributed by atoms with Crippen molar-refractivity contribution >= 4 is 0 Å². The number of benzene rings is 1. The predicted octanol–water partition coefficient (Wildman–Crippen LogP) is 3.11. The maximum atomic E-state index is 4.80. The molecular formula is C16H23N3. The summed E-state index contributed by atoms with van der Waals surface area (Å²) >= 11 is 0. The van der Waals surface area contributed by atoms with Gasteiger partial charge in [0.25, 0.3) is 0 Å². The third-order valence-corrected chi connectivity index (χ3v) is 3.40. The highest BCUT2D eigenvalue weighted by atomic mass is 15.3. The molecule has 0 amide bonds. The summed E-state index contributed by atoms with van der Waals surface area (Å²) in [6.07, 6.45) is 1.98. The second-order valence-electron chi connectivity index (χ2n) is 4.61. The Morgan fingerprint density at radius 3 is 2.37 bits per heavy atom. The van der Waals surface area contributed by atoms with Crippen molar-refractivity contribution in [2.75, 3.05) is 6.54 Å². The molecule has 1 heterocycles. The van der Waals surface area contributed by atoms with E-state index in [1.165, 1.54) is 17.0 Å². The summed E-state index contributed by atoms with van der Waals surface area (Å²) in [7, 11) is 0. The van der Waals surface area contributed by atoms with E-state index in [2.05, 4.69) is 55.0 Å². The average molecular weight is 257 g/mol. The Kier molecular flexibility index (Phi) is 4.74. The Balaban J connectivity index is 2.47. The Hall–Kier alpha value is -1.61. The van der Waals surface area contributed by atoms with Crippen LogP contribution in [0.2, 0.25) is 0 Å². The molecule has 2 aromatic rings. The van der Waals surface area contributed by atoms with Gasteiger partial charge in [0.15, 0.2) is 0 Å². The molecule has 0 bridgehead atoms. The number of nitrogens with zero attached hydrogens (tertiary/aromatic N) is 2. The van der Waals surface area contributed by atoms with Gasteiger partial charge in [-0.3, -0.25) is 0 Å². The molecule has 0 radical (unpaired) electrons. The van der Waals surface area contributed by atoms with Crippen LogP contribution in [-0.2, 0) is 19.4 Å². The highest BCUT2D eigenvalue weighted by molar-refractivity contribution is 5.37. The average Bonchev–Trinajstić information content (AvgIpc) is 2.83. The van der Waals surface area contributed by atoms with Crippen LogP contribution in [-0.4, -0.2) is 16.3 Å². The summed E-state index contributed by atoms with van der Waals surface area (Å²) in [4.78, 5) is 0. The second-order valence-corrected chi connectivity index (χ2v) is 4.61. The molecule has 19 heavy (non-hydrogen) atoms. The Labute approximate surface area is 115 Å². The number of hydrogen-bond acceptors (Lipinski definition) is 2. The number of hydrogen-bond donors (Lipinski definition) is 1. The van der Waals surface area contributed by atoms with Crippen LogP contribution in [0.3, 0.4) is 0 Å². The first kappa shape index (κ1) is 13.8. The molecule has 1 aromatic carbocycles. The van der Waals surface area contributed by atoms with Gasteiger partial charge >= 0.3 is 0 Å². The summed E-state index contributed by atoms with van der Waals surface area (Å²) in [5.74, 6) is 0. The van der Waals surface area contributed by atoms with Gasteiger partial charge in [-0.25, -0.2) is 4.68 Å². The van der Waals surface area contributed by atoms with E-state index in [9.17, 15) is 0 Å². The van der Waals surface area contributed by atoms with Crippen LogP contribution in [0, 0.1) is 0 Å². The zero-order valence-corrected chi connectivity index (χ0v) is 12.1. The van der Waals surface area contributed by atoms with E-state index in [-0.39, 0.29) is 0 Å². The monoisotopic (exact) mass is 257 g/mol. The van der Waals surface area contributed by atoms with E-state index in [0.29, 0.717) is 0 Å². The van der Waals surface area contributed by atoms with Crippen LogP contribution in [0.15, 0.2) is 30.3 Å². The lowest BCUT2D eigenvalue weighted by atomic mass is 10.1. The Morgan fingerprint density at radius 2 is 1.79 bits per heavy atom. The van der Waals surface area contributed by atoms with Crippen LogP contribution in [0.1, 0.15) is 37.7 Å². The van der Waals surface area contributed by atoms with E-state index in [4.69, 9.17) is 5.10 Å².